The summed E-state index contributed by atoms with van der Waals surface area (Å²) in [6, 6.07) is 13.0. The zero-order valence-electron chi connectivity index (χ0n) is 12.7. The number of aryl methyl sites for hydroxylation is 2. The molecule has 0 amide bonds. The third-order valence-electron chi connectivity index (χ3n) is 3.17. The molecule has 0 aromatic heterocycles. The summed E-state index contributed by atoms with van der Waals surface area (Å²) in [4.78, 5) is 12.4. The van der Waals surface area contributed by atoms with E-state index in [1.54, 1.807) is 18.2 Å². The van der Waals surface area contributed by atoms with Gasteiger partial charge in [0.05, 0.1) is 6.61 Å². The van der Waals surface area contributed by atoms with Gasteiger partial charge < -0.3 is 9.47 Å². The lowest BCUT2D eigenvalue weighted by molar-refractivity contribution is 0.0727. The number of carbonyl (C=O) groups excluding carboxylic acids is 1. The van der Waals surface area contributed by atoms with Gasteiger partial charge in [-0.2, -0.15) is 0 Å². The number of para-hydroxylation sites is 2. The number of hydrogen-bond donors (Lipinski definition) is 0. The highest BCUT2D eigenvalue weighted by atomic mass is 16.5. The van der Waals surface area contributed by atoms with E-state index in [4.69, 9.17) is 9.47 Å². The minimum atomic E-state index is -0.390. The van der Waals surface area contributed by atoms with Gasteiger partial charge in [-0.25, -0.2) is 4.79 Å². The van der Waals surface area contributed by atoms with Gasteiger partial charge in [0.2, 0.25) is 0 Å². The lowest BCUT2D eigenvalue weighted by Gasteiger charge is -2.13. The molecule has 3 heteroatoms. The average molecular weight is 284 g/mol. The second kappa shape index (κ2) is 6.93. The van der Waals surface area contributed by atoms with Crippen LogP contribution in [-0.2, 0) is 0 Å². The van der Waals surface area contributed by atoms with E-state index < -0.39 is 0 Å². The molecule has 0 atom stereocenters. The van der Waals surface area contributed by atoms with E-state index in [1.165, 1.54) is 0 Å². The summed E-state index contributed by atoms with van der Waals surface area (Å²) in [5.74, 6) is 0.794. The van der Waals surface area contributed by atoms with Gasteiger partial charge in [0.25, 0.3) is 0 Å². The Labute approximate surface area is 125 Å². The second-order valence-electron chi connectivity index (χ2n) is 4.96. The summed E-state index contributed by atoms with van der Waals surface area (Å²) >= 11 is 0. The lowest BCUT2D eigenvalue weighted by atomic mass is 10.1. The maximum atomic E-state index is 12.4. The monoisotopic (exact) mass is 284 g/mol. The number of hydrogen-bond acceptors (Lipinski definition) is 3. The first kappa shape index (κ1) is 15.1. The van der Waals surface area contributed by atoms with Crippen molar-refractivity contribution in [3.8, 4) is 11.5 Å². The Morgan fingerprint density at radius 2 is 1.67 bits per heavy atom. The van der Waals surface area contributed by atoms with Crippen molar-refractivity contribution in [2.45, 2.75) is 27.2 Å². The normalized spacial score (nSPS) is 10.2. The van der Waals surface area contributed by atoms with Crippen LogP contribution < -0.4 is 9.47 Å². The van der Waals surface area contributed by atoms with Crippen LogP contribution in [0.4, 0.5) is 0 Å². The molecule has 0 heterocycles. The van der Waals surface area contributed by atoms with Crippen LogP contribution in [-0.4, -0.2) is 12.6 Å². The number of benzene rings is 2. The summed E-state index contributed by atoms with van der Waals surface area (Å²) in [5.41, 5.74) is 2.33. The van der Waals surface area contributed by atoms with Crippen molar-refractivity contribution in [1.82, 2.24) is 0 Å². The summed E-state index contributed by atoms with van der Waals surface area (Å²) in [7, 11) is 0. The van der Waals surface area contributed by atoms with Gasteiger partial charge in [-0.1, -0.05) is 37.3 Å². The molecular weight excluding hydrogens is 264 g/mol. The van der Waals surface area contributed by atoms with Crippen molar-refractivity contribution in [3.63, 3.8) is 0 Å². The Morgan fingerprint density at radius 3 is 2.33 bits per heavy atom. The number of carbonyl (C=O) groups is 1. The van der Waals surface area contributed by atoms with Crippen molar-refractivity contribution in [2.24, 2.45) is 0 Å². The van der Waals surface area contributed by atoms with Crippen LogP contribution >= 0.6 is 0 Å². The molecule has 110 valence electrons. The van der Waals surface area contributed by atoms with Crippen molar-refractivity contribution in [3.05, 3.63) is 59.2 Å². The first-order chi connectivity index (χ1) is 10.1. The maximum absolute atomic E-state index is 12.4. The van der Waals surface area contributed by atoms with Crippen molar-refractivity contribution < 1.29 is 14.3 Å². The smallest absolute Gasteiger partial charge is 0.347 e. The minimum absolute atomic E-state index is 0.390. The molecule has 2 aromatic carbocycles. The fourth-order valence-corrected chi connectivity index (χ4v) is 2.08. The molecule has 2 rings (SSSR count). The first-order valence-electron chi connectivity index (χ1n) is 7.13. The van der Waals surface area contributed by atoms with E-state index in [0.29, 0.717) is 23.7 Å². The van der Waals surface area contributed by atoms with Gasteiger partial charge in [0.1, 0.15) is 17.1 Å². The molecular formula is C18H20O3. The Morgan fingerprint density at radius 1 is 1.00 bits per heavy atom. The zero-order valence-corrected chi connectivity index (χ0v) is 12.7. The van der Waals surface area contributed by atoms with Gasteiger partial charge in [-0.15, -0.1) is 0 Å². The fourth-order valence-electron chi connectivity index (χ4n) is 2.08. The van der Waals surface area contributed by atoms with E-state index >= 15 is 0 Å². The maximum Gasteiger partial charge on any atom is 0.347 e. The van der Waals surface area contributed by atoms with Crippen molar-refractivity contribution in [1.29, 1.82) is 0 Å². The highest BCUT2D eigenvalue weighted by Gasteiger charge is 2.16. The molecule has 0 aliphatic rings. The summed E-state index contributed by atoms with van der Waals surface area (Å²) in [6.45, 7) is 6.45. The average Bonchev–Trinajstić information content (AvgIpc) is 2.49. The molecule has 0 aliphatic heterocycles. The quantitative estimate of drug-likeness (QED) is 0.606. The molecule has 0 fully saturated rings. The van der Waals surface area contributed by atoms with Crippen LogP contribution in [0, 0.1) is 13.8 Å². The zero-order chi connectivity index (χ0) is 15.2. The fraction of sp³-hybridized carbons (Fsp3) is 0.278. The molecule has 0 unspecified atom stereocenters. The Kier molecular flexibility index (Phi) is 4.99. The Balaban J connectivity index is 2.25. The van der Waals surface area contributed by atoms with Crippen LogP contribution in [0.3, 0.4) is 0 Å². The predicted octanol–water partition coefficient (Wildman–Crippen LogP) is 4.31. The van der Waals surface area contributed by atoms with Crippen LogP contribution in [0.15, 0.2) is 42.5 Å². The summed E-state index contributed by atoms with van der Waals surface area (Å²) in [6.07, 6.45) is 0.889. The first-order valence-corrected chi connectivity index (χ1v) is 7.13. The van der Waals surface area contributed by atoms with E-state index in [1.807, 2.05) is 45.0 Å². The Bertz CT molecular complexity index is 612. The summed E-state index contributed by atoms with van der Waals surface area (Å²) < 4.78 is 11.2. The van der Waals surface area contributed by atoms with Gasteiger partial charge in [-0.3, -0.25) is 0 Å². The SMILES string of the molecule is CCCOc1ccccc1C(=O)Oc1c(C)cccc1C. The van der Waals surface area contributed by atoms with Gasteiger partial charge in [0.15, 0.2) is 0 Å². The topological polar surface area (TPSA) is 35.5 Å². The van der Waals surface area contributed by atoms with Crippen LogP contribution in [0.2, 0.25) is 0 Å². The standard InChI is InChI=1S/C18H20O3/c1-4-12-20-16-11-6-5-10-15(16)18(19)21-17-13(2)8-7-9-14(17)3/h5-11H,4,12H2,1-3H3. The number of ether oxygens (including phenoxy) is 2. The van der Waals surface area contributed by atoms with E-state index in [0.717, 1.165) is 17.5 Å². The van der Waals surface area contributed by atoms with E-state index in [-0.39, 0.29) is 5.97 Å². The lowest BCUT2D eigenvalue weighted by Crippen LogP contribution is -2.12. The molecule has 0 spiro atoms. The second-order valence-corrected chi connectivity index (χ2v) is 4.96. The number of rotatable bonds is 5. The highest BCUT2D eigenvalue weighted by molar-refractivity contribution is 5.94. The number of esters is 1. The van der Waals surface area contributed by atoms with Crippen LogP contribution in [0.5, 0.6) is 11.5 Å². The summed E-state index contributed by atoms with van der Waals surface area (Å²) in [5, 5.41) is 0. The molecule has 0 N–H and O–H groups in total. The van der Waals surface area contributed by atoms with E-state index in [9.17, 15) is 4.79 Å². The van der Waals surface area contributed by atoms with Gasteiger partial charge in [0, 0.05) is 0 Å². The molecule has 0 saturated heterocycles. The molecule has 0 radical (unpaired) electrons. The highest BCUT2D eigenvalue weighted by Crippen LogP contribution is 2.25. The predicted molar refractivity (Wildman–Crippen MR) is 83.1 cm³/mol. The molecule has 0 saturated carbocycles. The van der Waals surface area contributed by atoms with Crippen molar-refractivity contribution >= 4 is 5.97 Å². The van der Waals surface area contributed by atoms with Gasteiger partial charge in [-0.05, 0) is 43.5 Å². The van der Waals surface area contributed by atoms with Gasteiger partial charge >= 0.3 is 5.97 Å². The largest absolute Gasteiger partial charge is 0.493 e. The molecule has 2 aromatic rings. The minimum Gasteiger partial charge on any atom is -0.493 e. The molecule has 0 bridgehead atoms. The van der Waals surface area contributed by atoms with Crippen LogP contribution in [0.25, 0.3) is 0 Å². The van der Waals surface area contributed by atoms with Crippen LogP contribution in [0.1, 0.15) is 34.8 Å². The van der Waals surface area contributed by atoms with E-state index in [2.05, 4.69) is 0 Å². The Hall–Kier alpha value is -2.29. The molecule has 0 aliphatic carbocycles. The third kappa shape index (κ3) is 3.63. The molecule has 3 nitrogen and oxygen atoms in total. The van der Waals surface area contributed by atoms with Crippen molar-refractivity contribution in [2.75, 3.05) is 6.61 Å². The molecule has 21 heavy (non-hydrogen) atoms. The third-order valence-corrected chi connectivity index (χ3v) is 3.17.